The highest BCUT2D eigenvalue weighted by atomic mass is 16.3. The van der Waals surface area contributed by atoms with E-state index in [4.69, 9.17) is 0 Å². The fourth-order valence-corrected chi connectivity index (χ4v) is 4.15. The van der Waals surface area contributed by atoms with Crippen molar-refractivity contribution >= 4 is 6.03 Å². The van der Waals surface area contributed by atoms with Crippen LogP contribution in [0, 0.1) is 11.8 Å². The minimum absolute atomic E-state index is 0.0211. The summed E-state index contributed by atoms with van der Waals surface area (Å²) >= 11 is 0. The molecule has 2 N–H and O–H groups in total. The normalized spacial score (nSPS) is 26.5. The van der Waals surface area contributed by atoms with E-state index in [0.29, 0.717) is 18.4 Å². The molecule has 1 heterocycles. The van der Waals surface area contributed by atoms with E-state index < -0.39 is 0 Å². The molecule has 3 rings (SSSR count). The molecule has 0 aromatic heterocycles. The summed E-state index contributed by atoms with van der Waals surface area (Å²) < 4.78 is 0. The molecule has 132 valence electrons. The number of hydrogen-bond donors (Lipinski definition) is 2. The minimum atomic E-state index is 0.0211. The van der Waals surface area contributed by atoms with Gasteiger partial charge >= 0.3 is 6.03 Å². The summed E-state index contributed by atoms with van der Waals surface area (Å²) in [5.74, 6) is 1.16. The number of nitrogens with zero attached hydrogens (tertiary/aromatic N) is 1. The van der Waals surface area contributed by atoms with Crippen LogP contribution in [0.5, 0.6) is 0 Å². The van der Waals surface area contributed by atoms with Gasteiger partial charge < -0.3 is 15.3 Å². The fourth-order valence-electron chi connectivity index (χ4n) is 4.15. The number of likely N-dealkylation sites (tertiary alicyclic amines) is 1. The number of rotatable bonds is 3. The average molecular weight is 330 g/mol. The summed E-state index contributed by atoms with van der Waals surface area (Å²) in [5.41, 5.74) is 3.99. The highest BCUT2D eigenvalue weighted by Gasteiger charge is 2.30. The van der Waals surface area contributed by atoms with Gasteiger partial charge in [0, 0.05) is 19.7 Å². The third-order valence-corrected chi connectivity index (χ3v) is 5.50. The van der Waals surface area contributed by atoms with Crippen molar-refractivity contribution in [1.29, 1.82) is 0 Å². The molecular formula is C20H30N2O2. The molecule has 1 aliphatic heterocycles. The molecule has 4 heteroatoms. The van der Waals surface area contributed by atoms with Crippen LogP contribution in [-0.4, -0.2) is 35.7 Å². The quantitative estimate of drug-likeness (QED) is 0.892. The summed E-state index contributed by atoms with van der Waals surface area (Å²) in [4.78, 5) is 14.6. The first-order chi connectivity index (χ1) is 11.5. The van der Waals surface area contributed by atoms with Crippen LogP contribution in [0.25, 0.3) is 0 Å². The zero-order valence-electron chi connectivity index (χ0n) is 15.1. The average Bonchev–Trinajstić information content (AvgIpc) is 2.96. The number of carbonyl (C=O) groups is 1. The molecule has 0 bridgehead atoms. The van der Waals surface area contributed by atoms with Gasteiger partial charge in [0.1, 0.15) is 0 Å². The van der Waals surface area contributed by atoms with E-state index in [1.54, 1.807) is 0 Å². The predicted molar refractivity (Wildman–Crippen MR) is 96.1 cm³/mol. The lowest BCUT2D eigenvalue weighted by Gasteiger charge is -2.36. The molecule has 0 saturated carbocycles. The Labute approximate surface area is 145 Å². The molecule has 2 amide bonds. The van der Waals surface area contributed by atoms with Gasteiger partial charge in [-0.3, -0.25) is 0 Å². The maximum Gasteiger partial charge on any atom is 0.317 e. The first-order valence-electron chi connectivity index (χ1n) is 9.27. The van der Waals surface area contributed by atoms with Crippen molar-refractivity contribution in [3.05, 3.63) is 34.9 Å². The molecule has 0 radical (unpaired) electrons. The topological polar surface area (TPSA) is 52.6 Å². The molecule has 1 aliphatic carbocycles. The molecule has 1 aromatic rings. The van der Waals surface area contributed by atoms with Crippen molar-refractivity contribution in [2.45, 2.75) is 52.0 Å². The van der Waals surface area contributed by atoms with Crippen LogP contribution < -0.4 is 5.32 Å². The van der Waals surface area contributed by atoms with Crippen LogP contribution in [0.1, 0.15) is 62.3 Å². The van der Waals surface area contributed by atoms with E-state index in [-0.39, 0.29) is 24.6 Å². The first-order valence-corrected chi connectivity index (χ1v) is 9.27. The van der Waals surface area contributed by atoms with E-state index in [0.717, 1.165) is 25.8 Å². The number of aliphatic hydroxyl groups excluding tert-OH is 1. The molecule has 0 spiro atoms. The second-order valence-electron chi connectivity index (χ2n) is 7.95. The molecule has 3 atom stereocenters. The molecular weight excluding hydrogens is 300 g/mol. The van der Waals surface area contributed by atoms with Crippen LogP contribution in [0.15, 0.2) is 18.2 Å². The summed E-state index contributed by atoms with van der Waals surface area (Å²) in [6.45, 7) is 8.18. The lowest BCUT2D eigenvalue weighted by Crippen LogP contribution is -2.49. The fraction of sp³-hybridized carbons (Fsp3) is 0.650. The van der Waals surface area contributed by atoms with Gasteiger partial charge in [0.05, 0.1) is 6.04 Å². The minimum Gasteiger partial charge on any atom is -0.396 e. The highest BCUT2D eigenvalue weighted by Crippen LogP contribution is 2.33. The van der Waals surface area contributed by atoms with Crippen LogP contribution in [-0.2, 0) is 6.42 Å². The Morgan fingerprint density at radius 2 is 2.17 bits per heavy atom. The van der Waals surface area contributed by atoms with Crippen molar-refractivity contribution in [3.63, 3.8) is 0 Å². The Kier molecular flexibility index (Phi) is 5.14. The number of carbonyl (C=O) groups excluding carboxylic acids is 1. The monoisotopic (exact) mass is 330 g/mol. The smallest absolute Gasteiger partial charge is 0.317 e. The van der Waals surface area contributed by atoms with E-state index >= 15 is 0 Å². The highest BCUT2D eigenvalue weighted by molar-refractivity contribution is 5.75. The van der Waals surface area contributed by atoms with Crippen molar-refractivity contribution in [2.24, 2.45) is 11.8 Å². The van der Waals surface area contributed by atoms with Gasteiger partial charge in [0.2, 0.25) is 0 Å². The number of aliphatic hydroxyl groups is 1. The number of piperidine rings is 1. The Balaban J connectivity index is 1.69. The van der Waals surface area contributed by atoms with Gasteiger partial charge in [0.15, 0.2) is 0 Å². The maximum absolute atomic E-state index is 12.7. The molecule has 4 nitrogen and oxygen atoms in total. The van der Waals surface area contributed by atoms with Gasteiger partial charge in [-0.15, -0.1) is 0 Å². The number of aryl methyl sites for hydroxylation is 1. The Morgan fingerprint density at radius 1 is 1.38 bits per heavy atom. The van der Waals surface area contributed by atoms with Crippen molar-refractivity contribution in [2.75, 3.05) is 19.7 Å². The standard InChI is InChI=1S/C20H30N2O2/c1-13(2)17-5-4-16-6-7-19(18(16)9-17)21-20(24)22-10-14(3)8-15(11-22)12-23/h4-5,9,13-15,19,23H,6-8,10-12H2,1-3H3,(H,21,24). The van der Waals surface area contributed by atoms with E-state index in [2.05, 4.69) is 44.3 Å². The number of hydrogen-bond acceptors (Lipinski definition) is 2. The zero-order valence-corrected chi connectivity index (χ0v) is 15.1. The summed E-state index contributed by atoms with van der Waals surface area (Å²) in [6.07, 6.45) is 3.02. The van der Waals surface area contributed by atoms with E-state index in [1.807, 2.05) is 4.90 Å². The van der Waals surface area contributed by atoms with Crippen LogP contribution in [0.2, 0.25) is 0 Å². The van der Waals surface area contributed by atoms with E-state index in [1.165, 1.54) is 16.7 Å². The Hall–Kier alpha value is -1.55. The Bertz CT molecular complexity index is 599. The number of amides is 2. The zero-order chi connectivity index (χ0) is 17.3. The SMILES string of the molecule is CC1CC(CO)CN(C(=O)NC2CCc3ccc(C(C)C)cc32)C1. The molecule has 2 aliphatic rings. The lowest BCUT2D eigenvalue weighted by atomic mass is 9.91. The van der Waals surface area contributed by atoms with Gasteiger partial charge in [-0.25, -0.2) is 4.79 Å². The molecule has 1 saturated heterocycles. The number of urea groups is 1. The number of nitrogens with one attached hydrogen (secondary N) is 1. The van der Waals surface area contributed by atoms with E-state index in [9.17, 15) is 9.90 Å². The Morgan fingerprint density at radius 3 is 2.88 bits per heavy atom. The van der Waals surface area contributed by atoms with Gasteiger partial charge in [-0.1, -0.05) is 39.0 Å². The first kappa shape index (κ1) is 17.3. The summed E-state index contributed by atoms with van der Waals surface area (Å²) in [7, 11) is 0. The van der Waals surface area contributed by atoms with Crippen LogP contribution >= 0.6 is 0 Å². The second-order valence-corrected chi connectivity index (χ2v) is 7.95. The maximum atomic E-state index is 12.7. The third kappa shape index (κ3) is 3.59. The van der Waals surface area contributed by atoms with Crippen molar-refractivity contribution in [1.82, 2.24) is 10.2 Å². The second kappa shape index (κ2) is 7.14. The predicted octanol–water partition coefficient (Wildman–Crippen LogP) is 3.46. The molecule has 1 aromatic carbocycles. The van der Waals surface area contributed by atoms with Crippen LogP contribution in [0.3, 0.4) is 0 Å². The molecule has 1 fully saturated rings. The largest absolute Gasteiger partial charge is 0.396 e. The molecule has 24 heavy (non-hydrogen) atoms. The summed E-state index contributed by atoms with van der Waals surface area (Å²) in [5, 5.41) is 12.7. The van der Waals surface area contributed by atoms with Crippen molar-refractivity contribution < 1.29 is 9.90 Å². The lowest BCUT2D eigenvalue weighted by molar-refractivity contribution is 0.103. The van der Waals surface area contributed by atoms with Crippen molar-refractivity contribution in [3.8, 4) is 0 Å². The number of benzene rings is 1. The molecule has 3 unspecified atom stereocenters. The summed E-state index contributed by atoms with van der Waals surface area (Å²) in [6, 6.07) is 6.85. The van der Waals surface area contributed by atoms with Gasteiger partial charge in [-0.05, 0) is 53.7 Å². The number of fused-ring (bicyclic) bond motifs is 1. The van der Waals surface area contributed by atoms with Gasteiger partial charge in [0.25, 0.3) is 0 Å². The van der Waals surface area contributed by atoms with Gasteiger partial charge in [-0.2, -0.15) is 0 Å². The third-order valence-electron chi connectivity index (χ3n) is 5.50. The van der Waals surface area contributed by atoms with Crippen LogP contribution in [0.4, 0.5) is 4.79 Å².